The van der Waals surface area contributed by atoms with Crippen LogP contribution < -0.4 is 5.32 Å². The molecule has 16 heavy (non-hydrogen) atoms. The Morgan fingerprint density at radius 3 is 2.56 bits per heavy atom. The first kappa shape index (κ1) is 13.3. The summed E-state index contributed by atoms with van der Waals surface area (Å²) in [5.74, 6) is 1.56. The second kappa shape index (κ2) is 5.53. The van der Waals surface area contributed by atoms with Gasteiger partial charge >= 0.3 is 6.09 Å². The van der Waals surface area contributed by atoms with Gasteiger partial charge in [-0.1, -0.05) is 6.92 Å². The van der Waals surface area contributed by atoms with Gasteiger partial charge in [0.1, 0.15) is 5.60 Å². The molecular formula is C12H23NO3. The van der Waals surface area contributed by atoms with Crippen LogP contribution >= 0.6 is 0 Å². The molecule has 0 spiro atoms. The van der Waals surface area contributed by atoms with E-state index < -0.39 is 5.60 Å². The minimum absolute atomic E-state index is 0.379. The van der Waals surface area contributed by atoms with Crippen molar-refractivity contribution in [3.05, 3.63) is 0 Å². The second-order valence-electron chi connectivity index (χ2n) is 5.48. The van der Waals surface area contributed by atoms with Crippen LogP contribution in [0.1, 0.15) is 34.1 Å². The summed E-state index contributed by atoms with van der Waals surface area (Å²) in [4.78, 5) is 11.2. The van der Waals surface area contributed by atoms with E-state index in [-0.39, 0.29) is 6.09 Å². The summed E-state index contributed by atoms with van der Waals surface area (Å²) >= 11 is 0. The number of hydrogen-bond acceptors (Lipinski definition) is 3. The Balaban J connectivity index is 1.92. The first-order chi connectivity index (χ1) is 7.38. The van der Waals surface area contributed by atoms with E-state index in [2.05, 4.69) is 12.2 Å². The fourth-order valence-corrected chi connectivity index (χ4v) is 1.41. The number of nitrogens with one attached hydrogen (secondary N) is 1. The Bertz CT molecular complexity index is 235. The Hall–Kier alpha value is -0.770. The lowest BCUT2D eigenvalue weighted by atomic mass is 10.2. The molecule has 0 bridgehead atoms. The molecule has 1 rings (SSSR count). The predicted molar refractivity (Wildman–Crippen MR) is 62.3 cm³/mol. The first-order valence-electron chi connectivity index (χ1n) is 5.93. The molecule has 0 saturated heterocycles. The van der Waals surface area contributed by atoms with Crippen LogP contribution in [0.25, 0.3) is 0 Å². The van der Waals surface area contributed by atoms with Crippen LogP contribution in [0, 0.1) is 11.8 Å². The number of carbonyl (C=O) groups is 1. The van der Waals surface area contributed by atoms with E-state index in [0.29, 0.717) is 13.2 Å². The Kier molecular flexibility index (Phi) is 4.59. The highest BCUT2D eigenvalue weighted by Crippen LogP contribution is 2.37. The molecule has 0 aliphatic heterocycles. The van der Waals surface area contributed by atoms with Gasteiger partial charge in [0.15, 0.2) is 0 Å². The molecule has 1 N–H and O–H groups in total. The Morgan fingerprint density at radius 1 is 1.44 bits per heavy atom. The van der Waals surface area contributed by atoms with Crippen molar-refractivity contribution in [3.8, 4) is 0 Å². The van der Waals surface area contributed by atoms with Crippen LogP contribution in [0.2, 0.25) is 0 Å². The van der Waals surface area contributed by atoms with E-state index in [4.69, 9.17) is 9.47 Å². The molecule has 0 heterocycles. The van der Waals surface area contributed by atoms with Crippen LogP contribution in [0.4, 0.5) is 4.79 Å². The van der Waals surface area contributed by atoms with Crippen molar-refractivity contribution in [1.82, 2.24) is 5.32 Å². The predicted octanol–water partition coefficient (Wildman–Crippen LogP) is 2.18. The van der Waals surface area contributed by atoms with Crippen molar-refractivity contribution in [2.24, 2.45) is 11.8 Å². The van der Waals surface area contributed by atoms with Gasteiger partial charge in [-0.3, -0.25) is 0 Å². The van der Waals surface area contributed by atoms with Gasteiger partial charge in [-0.25, -0.2) is 4.79 Å². The zero-order valence-electron chi connectivity index (χ0n) is 10.7. The maximum absolute atomic E-state index is 11.2. The summed E-state index contributed by atoms with van der Waals surface area (Å²) in [6, 6.07) is 0. The third-order valence-electron chi connectivity index (χ3n) is 2.52. The standard InChI is InChI=1S/C12H23NO3/c1-9-7-10(9)8-15-6-5-13-11(14)16-12(2,3)4/h9-10H,5-8H2,1-4H3,(H,13,14). The Morgan fingerprint density at radius 2 is 2.06 bits per heavy atom. The lowest BCUT2D eigenvalue weighted by Gasteiger charge is -2.19. The third-order valence-corrected chi connectivity index (χ3v) is 2.52. The molecule has 2 atom stereocenters. The molecule has 0 aromatic rings. The average molecular weight is 229 g/mol. The highest BCUT2D eigenvalue weighted by Gasteiger charge is 2.32. The fraction of sp³-hybridized carbons (Fsp3) is 0.917. The van der Waals surface area contributed by atoms with E-state index in [1.54, 1.807) is 0 Å². The number of amides is 1. The highest BCUT2D eigenvalue weighted by molar-refractivity contribution is 5.67. The summed E-state index contributed by atoms with van der Waals surface area (Å²) in [7, 11) is 0. The van der Waals surface area contributed by atoms with Gasteiger partial charge in [0.25, 0.3) is 0 Å². The molecule has 1 amide bonds. The van der Waals surface area contributed by atoms with Crippen molar-refractivity contribution in [2.45, 2.75) is 39.7 Å². The van der Waals surface area contributed by atoms with E-state index in [1.807, 2.05) is 20.8 Å². The fourth-order valence-electron chi connectivity index (χ4n) is 1.41. The molecular weight excluding hydrogens is 206 g/mol. The number of carbonyl (C=O) groups excluding carboxylic acids is 1. The van der Waals surface area contributed by atoms with Crippen molar-refractivity contribution in [3.63, 3.8) is 0 Å². The molecule has 1 aliphatic rings. The summed E-state index contributed by atoms with van der Waals surface area (Å²) in [6.07, 6.45) is 0.898. The van der Waals surface area contributed by atoms with Crippen LogP contribution in [0.5, 0.6) is 0 Å². The first-order valence-corrected chi connectivity index (χ1v) is 5.93. The van der Waals surface area contributed by atoms with Crippen LogP contribution in [-0.2, 0) is 9.47 Å². The summed E-state index contributed by atoms with van der Waals surface area (Å²) in [6.45, 7) is 9.65. The maximum atomic E-state index is 11.2. The number of alkyl carbamates (subject to hydrolysis) is 1. The van der Waals surface area contributed by atoms with Crippen LogP contribution in [0.3, 0.4) is 0 Å². The Labute approximate surface area is 97.7 Å². The maximum Gasteiger partial charge on any atom is 0.407 e. The normalized spacial score (nSPS) is 24.0. The quantitative estimate of drug-likeness (QED) is 0.735. The molecule has 0 radical (unpaired) electrons. The van der Waals surface area contributed by atoms with Gasteiger partial charge in [0.2, 0.25) is 0 Å². The minimum Gasteiger partial charge on any atom is -0.444 e. The zero-order chi connectivity index (χ0) is 12.2. The lowest BCUT2D eigenvalue weighted by molar-refractivity contribution is 0.0495. The van der Waals surface area contributed by atoms with Crippen molar-refractivity contribution in [1.29, 1.82) is 0 Å². The molecule has 1 aliphatic carbocycles. The number of ether oxygens (including phenoxy) is 2. The average Bonchev–Trinajstić information content (AvgIpc) is 2.78. The van der Waals surface area contributed by atoms with Gasteiger partial charge in [-0.05, 0) is 39.0 Å². The van der Waals surface area contributed by atoms with Gasteiger partial charge in [0.05, 0.1) is 6.61 Å². The molecule has 2 unspecified atom stereocenters. The monoisotopic (exact) mass is 229 g/mol. The third kappa shape index (κ3) is 5.95. The van der Waals surface area contributed by atoms with Gasteiger partial charge < -0.3 is 14.8 Å². The van der Waals surface area contributed by atoms with E-state index in [9.17, 15) is 4.79 Å². The van der Waals surface area contributed by atoms with E-state index >= 15 is 0 Å². The van der Waals surface area contributed by atoms with E-state index in [0.717, 1.165) is 18.4 Å². The van der Waals surface area contributed by atoms with Gasteiger partial charge in [-0.15, -0.1) is 0 Å². The molecule has 0 aromatic heterocycles. The summed E-state index contributed by atoms with van der Waals surface area (Å²) in [5.41, 5.74) is -0.436. The summed E-state index contributed by atoms with van der Waals surface area (Å²) in [5, 5.41) is 2.66. The highest BCUT2D eigenvalue weighted by atomic mass is 16.6. The summed E-state index contributed by atoms with van der Waals surface area (Å²) < 4.78 is 10.5. The molecule has 0 aromatic carbocycles. The van der Waals surface area contributed by atoms with E-state index in [1.165, 1.54) is 6.42 Å². The molecule has 1 saturated carbocycles. The lowest BCUT2D eigenvalue weighted by Crippen LogP contribution is -2.34. The van der Waals surface area contributed by atoms with Crippen molar-refractivity contribution >= 4 is 6.09 Å². The topological polar surface area (TPSA) is 47.6 Å². The zero-order valence-corrected chi connectivity index (χ0v) is 10.7. The largest absolute Gasteiger partial charge is 0.444 e. The minimum atomic E-state index is -0.436. The smallest absolute Gasteiger partial charge is 0.407 e. The van der Waals surface area contributed by atoms with Crippen molar-refractivity contribution in [2.75, 3.05) is 19.8 Å². The number of rotatable bonds is 5. The number of hydrogen-bond donors (Lipinski definition) is 1. The second-order valence-corrected chi connectivity index (χ2v) is 5.48. The van der Waals surface area contributed by atoms with Crippen LogP contribution in [0.15, 0.2) is 0 Å². The van der Waals surface area contributed by atoms with Gasteiger partial charge in [-0.2, -0.15) is 0 Å². The molecule has 94 valence electrons. The van der Waals surface area contributed by atoms with Crippen molar-refractivity contribution < 1.29 is 14.3 Å². The SMILES string of the molecule is CC1CC1COCCNC(=O)OC(C)(C)C. The molecule has 4 nitrogen and oxygen atoms in total. The molecule has 4 heteroatoms. The molecule has 1 fully saturated rings. The van der Waals surface area contributed by atoms with Crippen LogP contribution in [-0.4, -0.2) is 31.5 Å². The van der Waals surface area contributed by atoms with Gasteiger partial charge in [0, 0.05) is 13.2 Å².